The molecular formula is C7H5N7. The van der Waals surface area contributed by atoms with Gasteiger partial charge in [-0.1, -0.05) is 0 Å². The molecule has 3 rings (SSSR count). The van der Waals surface area contributed by atoms with Gasteiger partial charge in [-0.05, 0) is 28.6 Å². The number of fused-ring (bicyclic) bond motifs is 1. The molecule has 7 heteroatoms. The van der Waals surface area contributed by atoms with E-state index in [9.17, 15) is 0 Å². The lowest BCUT2D eigenvalue weighted by Gasteiger charge is -1.96. The van der Waals surface area contributed by atoms with E-state index in [-0.39, 0.29) is 0 Å². The first-order valence-corrected chi connectivity index (χ1v) is 3.97. The molecule has 0 aliphatic rings. The molecule has 0 amide bonds. The van der Waals surface area contributed by atoms with Crippen molar-refractivity contribution in [1.29, 1.82) is 0 Å². The molecule has 0 radical (unpaired) electrons. The minimum absolute atomic E-state index is 0.790. The summed E-state index contributed by atoms with van der Waals surface area (Å²) in [6, 6.07) is 5.59. The predicted octanol–water partition coefficient (Wildman–Crippen LogP) is -0.0664. The summed E-state index contributed by atoms with van der Waals surface area (Å²) in [6.45, 7) is 0. The van der Waals surface area contributed by atoms with Gasteiger partial charge in [0.2, 0.25) is 0 Å². The van der Waals surface area contributed by atoms with Crippen molar-refractivity contribution in [3.63, 3.8) is 0 Å². The summed E-state index contributed by atoms with van der Waals surface area (Å²) < 4.78 is 1.56. The van der Waals surface area contributed by atoms with E-state index < -0.39 is 0 Å². The number of nitrogens with zero attached hydrogens (tertiary/aromatic N) is 6. The Kier molecular flexibility index (Phi) is 1.32. The second kappa shape index (κ2) is 2.59. The summed E-state index contributed by atoms with van der Waals surface area (Å²) >= 11 is 0. The predicted molar refractivity (Wildman–Crippen MR) is 46.6 cm³/mol. The van der Waals surface area contributed by atoms with Crippen LogP contribution in [0.5, 0.6) is 0 Å². The largest absolute Gasteiger partial charge is 0.200 e. The second-order valence-electron chi connectivity index (χ2n) is 2.75. The van der Waals surface area contributed by atoms with Gasteiger partial charge in [-0.15, -0.1) is 5.10 Å². The number of rotatable bonds is 1. The summed E-state index contributed by atoms with van der Waals surface area (Å²) in [7, 11) is 0. The highest BCUT2D eigenvalue weighted by atomic mass is 15.5. The van der Waals surface area contributed by atoms with E-state index >= 15 is 0 Å². The topological polar surface area (TPSA) is 85.2 Å². The average Bonchev–Trinajstić information content (AvgIpc) is 2.88. The van der Waals surface area contributed by atoms with Crippen molar-refractivity contribution < 1.29 is 0 Å². The molecule has 0 saturated carbocycles. The van der Waals surface area contributed by atoms with E-state index in [4.69, 9.17) is 0 Å². The smallest absolute Gasteiger partial charge is 0.143 e. The zero-order valence-electron chi connectivity index (χ0n) is 6.99. The Hall–Kier alpha value is -2.31. The molecular weight excluding hydrogens is 182 g/mol. The van der Waals surface area contributed by atoms with Gasteiger partial charge in [0.25, 0.3) is 0 Å². The molecule has 0 spiro atoms. The lowest BCUT2D eigenvalue weighted by Crippen LogP contribution is -1.94. The van der Waals surface area contributed by atoms with Crippen molar-refractivity contribution in [1.82, 2.24) is 35.6 Å². The summed E-state index contributed by atoms with van der Waals surface area (Å²) in [5.74, 6) is 0. The fourth-order valence-electron chi connectivity index (χ4n) is 1.25. The van der Waals surface area contributed by atoms with Crippen molar-refractivity contribution in [2.24, 2.45) is 0 Å². The average molecular weight is 187 g/mol. The first-order valence-electron chi connectivity index (χ1n) is 3.97. The van der Waals surface area contributed by atoms with Crippen LogP contribution in [0, 0.1) is 0 Å². The maximum atomic E-state index is 3.97. The molecule has 0 aliphatic carbocycles. The van der Waals surface area contributed by atoms with Crippen LogP contribution in [0.3, 0.4) is 0 Å². The highest BCUT2D eigenvalue weighted by Crippen LogP contribution is 2.12. The highest BCUT2D eigenvalue weighted by molar-refractivity contribution is 5.75. The Morgan fingerprint density at radius 3 is 2.93 bits per heavy atom. The van der Waals surface area contributed by atoms with Gasteiger partial charge in [-0.3, -0.25) is 0 Å². The quantitative estimate of drug-likeness (QED) is 0.576. The van der Waals surface area contributed by atoms with Crippen molar-refractivity contribution >= 4 is 11.0 Å². The zero-order chi connectivity index (χ0) is 9.38. The summed E-state index contributed by atoms with van der Waals surface area (Å²) in [6.07, 6.45) is 1.53. The number of hydrogen-bond donors (Lipinski definition) is 1. The molecule has 0 saturated heterocycles. The van der Waals surface area contributed by atoms with Crippen LogP contribution in [0.1, 0.15) is 0 Å². The van der Waals surface area contributed by atoms with Crippen LogP contribution in [-0.4, -0.2) is 35.6 Å². The number of tetrazole rings is 1. The number of benzene rings is 1. The fraction of sp³-hybridized carbons (Fsp3) is 0. The maximum absolute atomic E-state index is 3.97. The van der Waals surface area contributed by atoms with Crippen LogP contribution in [0.4, 0.5) is 0 Å². The number of H-pyrrole nitrogens is 1. The lowest BCUT2D eigenvalue weighted by atomic mass is 10.3. The van der Waals surface area contributed by atoms with Crippen LogP contribution in [-0.2, 0) is 0 Å². The van der Waals surface area contributed by atoms with Gasteiger partial charge < -0.3 is 0 Å². The molecule has 1 aromatic carbocycles. The molecule has 1 N–H and O–H groups in total. The van der Waals surface area contributed by atoms with Gasteiger partial charge in [-0.2, -0.15) is 15.4 Å². The Labute approximate surface area is 77.7 Å². The van der Waals surface area contributed by atoms with Gasteiger partial charge >= 0.3 is 0 Å². The van der Waals surface area contributed by atoms with Crippen LogP contribution in [0.15, 0.2) is 24.5 Å². The van der Waals surface area contributed by atoms with Gasteiger partial charge in [-0.25, -0.2) is 4.68 Å². The minimum Gasteiger partial charge on any atom is -0.200 e. The molecule has 0 bridgehead atoms. The standard InChI is InChI=1S/C7H5N7/c1-2-6-7(10-12-9-6)3-5(1)14-4-8-11-13-14/h1-4H,(H,9,10,12). The molecule has 2 heterocycles. The second-order valence-corrected chi connectivity index (χ2v) is 2.75. The van der Waals surface area contributed by atoms with Crippen LogP contribution < -0.4 is 0 Å². The molecule has 0 atom stereocenters. The molecule has 2 aromatic heterocycles. The Bertz CT molecular complexity index is 552. The third-order valence-electron chi connectivity index (χ3n) is 1.91. The number of aromatic nitrogens is 7. The summed E-state index contributed by atoms with van der Waals surface area (Å²) in [5.41, 5.74) is 2.47. The Morgan fingerprint density at radius 1 is 1.14 bits per heavy atom. The van der Waals surface area contributed by atoms with E-state index in [0.29, 0.717) is 0 Å². The fourth-order valence-corrected chi connectivity index (χ4v) is 1.25. The van der Waals surface area contributed by atoms with Gasteiger partial charge in [0.1, 0.15) is 17.4 Å². The molecule has 68 valence electrons. The summed E-state index contributed by atoms with van der Waals surface area (Å²) in [5, 5.41) is 21.3. The number of hydrogen-bond acceptors (Lipinski definition) is 5. The van der Waals surface area contributed by atoms with Gasteiger partial charge in [0.05, 0.1) is 5.69 Å². The number of aromatic amines is 1. The molecule has 0 unspecified atom stereocenters. The third kappa shape index (κ3) is 0.954. The first kappa shape index (κ1) is 7.13. The highest BCUT2D eigenvalue weighted by Gasteiger charge is 2.01. The van der Waals surface area contributed by atoms with E-state index in [2.05, 4.69) is 30.9 Å². The zero-order valence-corrected chi connectivity index (χ0v) is 6.99. The van der Waals surface area contributed by atoms with Crippen LogP contribution >= 0.6 is 0 Å². The van der Waals surface area contributed by atoms with E-state index in [1.54, 1.807) is 4.68 Å². The molecule has 14 heavy (non-hydrogen) atoms. The van der Waals surface area contributed by atoms with E-state index in [0.717, 1.165) is 16.7 Å². The van der Waals surface area contributed by atoms with Crippen LogP contribution in [0.25, 0.3) is 16.7 Å². The molecule has 0 aliphatic heterocycles. The lowest BCUT2D eigenvalue weighted by molar-refractivity contribution is 0.789. The van der Waals surface area contributed by atoms with Crippen molar-refractivity contribution in [2.45, 2.75) is 0 Å². The van der Waals surface area contributed by atoms with Crippen LogP contribution in [0.2, 0.25) is 0 Å². The Morgan fingerprint density at radius 2 is 2.07 bits per heavy atom. The molecule has 0 fully saturated rings. The van der Waals surface area contributed by atoms with Crippen molar-refractivity contribution in [3.8, 4) is 5.69 Å². The molecule has 7 nitrogen and oxygen atoms in total. The number of nitrogens with one attached hydrogen (secondary N) is 1. The summed E-state index contributed by atoms with van der Waals surface area (Å²) in [4.78, 5) is 0. The van der Waals surface area contributed by atoms with Crippen molar-refractivity contribution in [2.75, 3.05) is 0 Å². The van der Waals surface area contributed by atoms with Gasteiger partial charge in [0.15, 0.2) is 0 Å². The molecule has 3 aromatic rings. The van der Waals surface area contributed by atoms with E-state index in [1.807, 2.05) is 18.2 Å². The maximum Gasteiger partial charge on any atom is 0.143 e. The minimum atomic E-state index is 0.790. The Balaban J connectivity index is 2.23. The first-order chi connectivity index (χ1) is 6.93. The van der Waals surface area contributed by atoms with Gasteiger partial charge in [0, 0.05) is 0 Å². The normalized spacial score (nSPS) is 10.9. The van der Waals surface area contributed by atoms with Crippen molar-refractivity contribution in [3.05, 3.63) is 24.5 Å². The van der Waals surface area contributed by atoms with E-state index in [1.165, 1.54) is 6.33 Å². The third-order valence-corrected chi connectivity index (χ3v) is 1.91. The SMILES string of the molecule is c1cc2n[nH]nc2cc1-n1cnnn1. The monoisotopic (exact) mass is 187 g/mol.